The zero-order valence-electron chi connectivity index (χ0n) is 13.6. The Morgan fingerprint density at radius 2 is 1.88 bits per heavy atom. The molecule has 24 heavy (non-hydrogen) atoms. The number of hydrogen-bond donors (Lipinski definition) is 1. The standard InChI is InChI=1S/C18H19N3O3/c1-23-16-6-3-13(4-7-16)11-21-12-15(10-20-21)17-8-5-14(9-19-17)18(22)24-2/h3-10,12,18,22H,11H2,1-2H3. The third-order valence-electron chi connectivity index (χ3n) is 3.73. The highest BCUT2D eigenvalue weighted by Crippen LogP contribution is 2.20. The van der Waals surface area contributed by atoms with Crippen molar-refractivity contribution in [3.05, 3.63) is 66.1 Å². The first kappa shape index (κ1) is 16.2. The quantitative estimate of drug-likeness (QED) is 0.706. The number of hydrogen-bond acceptors (Lipinski definition) is 5. The number of benzene rings is 1. The van der Waals surface area contributed by atoms with Crippen LogP contribution < -0.4 is 4.74 Å². The van der Waals surface area contributed by atoms with Gasteiger partial charge in [-0.3, -0.25) is 9.67 Å². The summed E-state index contributed by atoms with van der Waals surface area (Å²) in [6, 6.07) is 11.5. The molecule has 0 amide bonds. The summed E-state index contributed by atoms with van der Waals surface area (Å²) in [5, 5.41) is 14.0. The molecule has 0 saturated heterocycles. The molecule has 0 aliphatic heterocycles. The van der Waals surface area contributed by atoms with Crippen molar-refractivity contribution in [2.45, 2.75) is 12.8 Å². The lowest BCUT2D eigenvalue weighted by Gasteiger charge is -2.08. The van der Waals surface area contributed by atoms with E-state index in [1.54, 1.807) is 25.6 Å². The van der Waals surface area contributed by atoms with Crippen LogP contribution in [-0.4, -0.2) is 34.1 Å². The maximum Gasteiger partial charge on any atom is 0.182 e. The third-order valence-corrected chi connectivity index (χ3v) is 3.73. The van der Waals surface area contributed by atoms with Crippen molar-refractivity contribution in [3.63, 3.8) is 0 Å². The molecule has 1 atom stereocenters. The van der Waals surface area contributed by atoms with Crippen LogP contribution in [-0.2, 0) is 11.3 Å². The molecule has 1 N–H and O–H groups in total. The second-order valence-electron chi connectivity index (χ2n) is 5.34. The van der Waals surface area contributed by atoms with Crippen LogP contribution in [0, 0.1) is 0 Å². The molecular weight excluding hydrogens is 306 g/mol. The molecule has 0 aliphatic carbocycles. The number of ether oxygens (including phenoxy) is 2. The van der Waals surface area contributed by atoms with Crippen LogP contribution >= 0.6 is 0 Å². The van der Waals surface area contributed by atoms with Crippen molar-refractivity contribution in [1.29, 1.82) is 0 Å². The molecule has 0 saturated carbocycles. The lowest BCUT2D eigenvalue weighted by atomic mass is 10.2. The monoisotopic (exact) mass is 325 g/mol. The summed E-state index contributed by atoms with van der Waals surface area (Å²) in [4.78, 5) is 4.35. The highest BCUT2D eigenvalue weighted by Gasteiger charge is 2.08. The number of nitrogens with zero attached hydrogens (tertiary/aromatic N) is 3. The molecule has 6 heteroatoms. The van der Waals surface area contributed by atoms with Crippen LogP contribution in [0.4, 0.5) is 0 Å². The van der Waals surface area contributed by atoms with E-state index in [2.05, 4.69) is 10.1 Å². The average Bonchev–Trinajstić information content (AvgIpc) is 3.10. The Labute approximate surface area is 140 Å². The summed E-state index contributed by atoms with van der Waals surface area (Å²) >= 11 is 0. The molecule has 0 spiro atoms. The molecule has 6 nitrogen and oxygen atoms in total. The van der Waals surface area contributed by atoms with Gasteiger partial charge in [0, 0.05) is 30.6 Å². The van der Waals surface area contributed by atoms with Gasteiger partial charge in [-0.2, -0.15) is 5.10 Å². The average molecular weight is 325 g/mol. The second-order valence-corrected chi connectivity index (χ2v) is 5.34. The van der Waals surface area contributed by atoms with Crippen LogP contribution in [0.1, 0.15) is 17.4 Å². The first-order valence-electron chi connectivity index (χ1n) is 7.52. The number of methoxy groups -OCH3 is 2. The van der Waals surface area contributed by atoms with Crippen molar-refractivity contribution in [2.75, 3.05) is 14.2 Å². The molecule has 2 aromatic heterocycles. The van der Waals surface area contributed by atoms with Crippen molar-refractivity contribution in [1.82, 2.24) is 14.8 Å². The van der Waals surface area contributed by atoms with E-state index in [0.717, 1.165) is 22.6 Å². The Morgan fingerprint density at radius 1 is 1.08 bits per heavy atom. The SMILES string of the molecule is COc1ccc(Cn2cc(-c3ccc(C(O)OC)cn3)cn2)cc1. The topological polar surface area (TPSA) is 69.4 Å². The normalized spacial score (nSPS) is 12.1. The number of aliphatic hydroxyl groups excluding tert-OH is 1. The van der Waals surface area contributed by atoms with Gasteiger partial charge in [-0.1, -0.05) is 18.2 Å². The molecule has 2 heterocycles. The van der Waals surface area contributed by atoms with E-state index in [0.29, 0.717) is 12.1 Å². The van der Waals surface area contributed by atoms with Crippen molar-refractivity contribution in [3.8, 4) is 17.0 Å². The van der Waals surface area contributed by atoms with E-state index in [-0.39, 0.29) is 0 Å². The van der Waals surface area contributed by atoms with Gasteiger partial charge in [-0.05, 0) is 23.8 Å². The zero-order valence-corrected chi connectivity index (χ0v) is 13.6. The van der Waals surface area contributed by atoms with Crippen molar-refractivity contribution >= 4 is 0 Å². The fourth-order valence-electron chi connectivity index (χ4n) is 2.36. The maximum atomic E-state index is 9.61. The molecule has 124 valence electrons. The fraction of sp³-hybridized carbons (Fsp3) is 0.222. The molecular formula is C18H19N3O3. The molecule has 3 rings (SSSR count). The Balaban J connectivity index is 1.72. The van der Waals surface area contributed by atoms with Gasteiger partial charge in [0.25, 0.3) is 0 Å². The minimum absolute atomic E-state index is 0.617. The van der Waals surface area contributed by atoms with Gasteiger partial charge in [0.05, 0.1) is 25.5 Å². The Hall–Kier alpha value is -2.70. The van der Waals surface area contributed by atoms with Crippen molar-refractivity contribution in [2.24, 2.45) is 0 Å². The summed E-state index contributed by atoms with van der Waals surface area (Å²) < 4.78 is 11.9. The number of rotatable bonds is 6. The maximum absolute atomic E-state index is 9.61. The van der Waals surface area contributed by atoms with Gasteiger partial charge in [-0.25, -0.2) is 0 Å². The smallest absolute Gasteiger partial charge is 0.182 e. The predicted octanol–water partition coefficient (Wildman–Crippen LogP) is 2.64. The van der Waals surface area contributed by atoms with Crippen LogP contribution in [0.15, 0.2) is 55.0 Å². The predicted molar refractivity (Wildman–Crippen MR) is 89.5 cm³/mol. The van der Waals surface area contributed by atoms with E-state index in [1.165, 1.54) is 7.11 Å². The second kappa shape index (κ2) is 7.25. The van der Waals surface area contributed by atoms with Gasteiger partial charge < -0.3 is 14.6 Å². The van der Waals surface area contributed by atoms with Crippen LogP contribution in [0.5, 0.6) is 5.75 Å². The van der Waals surface area contributed by atoms with E-state index in [9.17, 15) is 5.11 Å². The summed E-state index contributed by atoms with van der Waals surface area (Å²) in [6.07, 6.45) is 4.37. The summed E-state index contributed by atoms with van der Waals surface area (Å²) in [5.41, 5.74) is 3.47. The highest BCUT2D eigenvalue weighted by atomic mass is 16.6. The molecule has 3 aromatic rings. The van der Waals surface area contributed by atoms with Crippen LogP contribution in [0.3, 0.4) is 0 Å². The molecule has 0 bridgehead atoms. The van der Waals surface area contributed by atoms with E-state index in [4.69, 9.17) is 9.47 Å². The Kier molecular flexibility index (Phi) is 4.88. The largest absolute Gasteiger partial charge is 0.497 e. The lowest BCUT2D eigenvalue weighted by Crippen LogP contribution is -2.00. The van der Waals surface area contributed by atoms with Crippen molar-refractivity contribution < 1.29 is 14.6 Å². The van der Waals surface area contributed by atoms with E-state index >= 15 is 0 Å². The molecule has 0 aliphatic rings. The van der Waals surface area contributed by atoms with Crippen LogP contribution in [0.25, 0.3) is 11.3 Å². The van der Waals surface area contributed by atoms with Gasteiger partial charge >= 0.3 is 0 Å². The van der Waals surface area contributed by atoms with Gasteiger partial charge in [0.1, 0.15) is 5.75 Å². The number of aliphatic hydroxyl groups is 1. The fourth-order valence-corrected chi connectivity index (χ4v) is 2.36. The molecule has 0 fully saturated rings. The zero-order chi connectivity index (χ0) is 16.9. The summed E-state index contributed by atoms with van der Waals surface area (Å²) in [7, 11) is 3.10. The first-order valence-corrected chi connectivity index (χ1v) is 7.52. The van der Waals surface area contributed by atoms with E-state index < -0.39 is 6.29 Å². The number of pyridine rings is 1. The van der Waals surface area contributed by atoms with Gasteiger partial charge in [0.2, 0.25) is 0 Å². The van der Waals surface area contributed by atoms with Crippen LogP contribution in [0.2, 0.25) is 0 Å². The molecule has 1 unspecified atom stereocenters. The third kappa shape index (κ3) is 3.61. The highest BCUT2D eigenvalue weighted by molar-refractivity contribution is 5.56. The lowest BCUT2D eigenvalue weighted by molar-refractivity contribution is -0.0771. The van der Waals surface area contributed by atoms with Gasteiger partial charge in [0.15, 0.2) is 6.29 Å². The molecule has 0 radical (unpaired) electrons. The first-order chi connectivity index (χ1) is 11.7. The minimum Gasteiger partial charge on any atom is -0.497 e. The van der Waals surface area contributed by atoms with E-state index in [1.807, 2.05) is 41.2 Å². The Morgan fingerprint density at radius 3 is 2.50 bits per heavy atom. The van der Waals surface area contributed by atoms with Gasteiger partial charge in [-0.15, -0.1) is 0 Å². The Bertz CT molecular complexity index is 782. The summed E-state index contributed by atoms with van der Waals surface area (Å²) in [6.45, 7) is 0.671. The minimum atomic E-state index is -0.954. The number of aromatic nitrogens is 3. The summed E-state index contributed by atoms with van der Waals surface area (Å²) in [5.74, 6) is 0.836. The molecule has 1 aromatic carbocycles.